The van der Waals surface area contributed by atoms with Crippen LogP contribution in [0.2, 0.25) is 5.02 Å². The lowest BCUT2D eigenvalue weighted by molar-refractivity contribution is -0.112. The van der Waals surface area contributed by atoms with Crippen molar-refractivity contribution in [2.45, 2.75) is 16.0 Å². The van der Waals surface area contributed by atoms with Crippen LogP contribution in [0.15, 0.2) is 56.6 Å². The Kier molecular flexibility index (Phi) is 7.17. The van der Waals surface area contributed by atoms with Crippen molar-refractivity contribution >= 4 is 63.8 Å². The van der Waals surface area contributed by atoms with E-state index >= 15 is 0 Å². The molecule has 142 valence electrons. The van der Waals surface area contributed by atoms with Crippen molar-refractivity contribution in [3.63, 3.8) is 0 Å². The van der Waals surface area contributed by atoms with Crippen LogP contribution in [0, 0.1) is 11.3 Å². The highest BCUT2D eigenvalue weighted by molar-refractivity contribution is 7.98. The number of nitrogens with zero attached hydrogens (tertiary/aromatic N) is 3. The first-order valence-electron chi connectivity index (χ1n) is 7.85. The summed E-state index contributed by atoms with van der Waals surface area (Å²) in [5, 5.41) is 14.2. The fourth-order valence-corrected chi connectivity index (χ4v) is 4.09. The Labute approximate surface area is 179 Å². The maximum Gasteiger partial charge on any atom is 0.268 e. The first-order chi connectivity index (χ1) is 13.6. The molecule has 0 fully saturated rings. The van der Waals surface area contributed by atoms with Crippen molar-refractivity contribution in [3.05, 3.63) is 58.3 Å². The number of anilines is 1. The molecule has 1 amide bonds. The van der Waals surface area contributed by atoms with Crippen LogP contribution in [0.25, 0.3) is 6.08 Å². The number of furan rings is 1. The monoisotopic (exact) mass is 448 g/mol. The predicted molar refractivity (Wildman–Crippen MR) is 114 cm³/mol. The molecule has 10 heteroatoms. The van der Waals surface area contributed by atoms with Crippen molar-refractivity contribution < 1.29 is 9.21 Å². The highest BCUT2D eigenvalue weighted by Gasteiger charge is 2.13. The number of amides is 1. The standard InChI is InChI=1S/C18H13ClN4O2S3/c1-26-18-22-17(28-23-18)21-16(24)12(9-20)8-14-6-7-15(25-14)27-10-11-2-4-13(19)5-3-11/h2-8H,10H2,1H3,(H,21,22,23,24)/b12-8-. The van der Waals surface area contributed by atoms with Gasteiger partial charge in [-0.25, -0.2) is 0 Å². The maximum absolute atomic E-state index is 12.3. The van der Waals surface area contributed by atoms with E-state index in [9.17, 15) is 10.1 Å². The Morgan fingerprint density at radius 2 is 2.14 bits per heavy atom. The van der Waals surface area contributed by atoms with Gasteiger partial charge in [0.2, 0.25) is 10.3 Å². The topological polar surface area (TPSA) is 91.8 Å². The average molecular weight is 449 g/mol. The molecule has 0 saturated carbocycles. The number of aromatic nitrogens is 2. The minimum Gasteiger partial charge on any atom is -0.450 e. The van der Waals surface area contributed by atoms with Crippen molar-refractivity contribution in [1.82, 2.24) is 9.36 Å². The number of halogens is 1. The number of hydrogen-bond donors (Lipinski definition) is 1. The minimum atomic E-state index is -0.557. The molecule has 0 aliphatic carbocycles. The lowest BCUT2D eigenvalue weighted by Gasteiger charge is -2.00. The summed E-state index contributed by atoms with van der Waals surface area (Å²) in [6, 6.07) is 13.0. The third-order valence-corrected chi connectivity index (χ3v) is 5.89. The molecule has 0 aliphatic heterocycles. The van der Waals surface area contributed by atoms with E-state index in [1.54, 1.807) is 12.1 Å². The van der Waals surface area contributed by atoms with E-state index in [1.165, 1.54) is 29.6 Å². The smallest absolute Gasteiger partial charge is 0.268 e. The van der Waals surface area contributed by atoms with Crippen LogP contribution in [0.3, 0.4) is 0 Å². The molecule has 3 rings (SSSR count). The highest BCUT2D eigenvalue weighted by atomic mass is 35.5. The lowest BCUT2D eigenvalue weighted by atomic mass is 10.2. The number of nitriles is 1. The van der Waals surface area contributed by atoms with Crippen molar-refractivity contribution in [3.8, 4) is 6.07 Å². The van der Waals surface area contributed by atoms with E-state index in [0.29, 0.717) is 31.9 Å². The molecule has 0 saturated heterocycles. The zero-order valence-electron chi connectivity index (χ0n) is 14.5. The average Bonchev–Trinajstić information content (AvgIpc) is 3.34. The van der Waals surface area contributed by atoms with Gasteiger partial charge in [-0.15, -0.1) is 0 Å². The molecule has 28 heavy (non-hydrogen) atoms. The largest absolute Gasteiger partial charge is 0.450 e. The molecule has 3 aromatic rings. The highest BCUT2D eigenvalue weighted by Crippen LogP contribution is 2.26. The molecule has 2 aromatic heterocycles. The van der Waals surface area contributed by atoms with Gasteiger partial charge in [-0.05, 0) is 36.1 Å². The zero-order chi connectivity index (χ0) is 19.9. The Hall–Kier alpha value is -2.25. The van der Waals surface area contributed by atoms with E-state index in [0.717, 1.165) is 17.1 Å². The van der Waals surface area contributed by atoms with Crippen molar-refractivity contribution in [2.24, 2.45) is 0 Å². The number of carbonyl (C=O) groups is 1. The fourth-order valence-electron chi connectivity index (χ4n) is 2.02. The van der Waals surface area contributed by atoms with Gasteiger partial charge in [0.25, 0.3) is 5.91 Å². The second-order valence-electron chi connectivity index (χ2n) is 5.28. The molecule has 0 unspecified atom stereocenters. The van der Waals surface area contributed by atoms with Gasteiger partial charge >= 0.3 is 0 Å². The first-order valence-corrected chi connectivity index (χ1v) is 11.2. The predicted octanol–water partition coefficient (Wildman–Crippen LogP) is 5.34. The third-order valence-electron chi connectivity index (χ3n) is 3.36. The van der Waals surface area contributed by atoms with Crippen LogP contribution in [0.4, 0.5) is 5.13 Å². The van der Waals surface area contributed by atoms with Crippen molar-refractivity contribution in [2.75, 3.05) is 11.6 Å². The molecule has 0 bridgehead atoms. The lowest BCUT2D eigenvalue weighted by Crippen LogP contribution is -2.13. The van der Waals surface area contributed by atoms with E-state index < -0.39 is 5.91 Å². The van der Waals surface area contributed by atoms with Crippen LogP contribution in [-0.4, -0.2) is 21.5 Å². The minimum absolute atomic E-state index is 0.0792. The summed E-state index contributed by atoms with van der Waals surface area (Å²) in [6.45, 7) is 0. The SMILES string of the molecule is CSc1nsc(NC(=O)/C(C#N)=C\c2ccc(SCc3ccc(Cl)cc3)o2)n1. The molecule has 6 nitrogen and oxygen atoms in total. The molecule has 0 atom stereocenters. The number of rotatable bonds is 7. The molecule has 0 aliphatic rings. The van der Waals surface area contributed by atoms with Crippen LogP contribution in [0.1, 0.15) is 11.3 Å². The second-order valence-corrected chi connectivity index (χ2v) is 8.22. The third kappa shape index (κ3) is 5.62. The summed E-state index contributed by atoms with van der Waals surface area (Å²) in [5.74, 6) is 0.583. The number of nitrogens with one attached hydrogen (secondary N) is 1. The van der Waals surface area contributed by atoms with Gasteiger partial charge in [0.15, 0.2) is 5.09 Å². The summed E-state index contributed by atoms with van der Waals surface area (Å²) < 4.78 is 9.74. The normalized spacial score (nSPS) is 11.2. The molecular formula is C18H13ClN4O2S3. The molecule has 1 aromatic carbocycles. The van der Waals surface area contributed by atoms with E-state index in [-0.39, 0.29) is 5.57 Å². The maximum atomic E-state index is 12.3. The molecular weight excluding hydrogens is 436 g/mol. The molecule has 0 radical (unpaired) electrons. The molecule has 1 N–H and O–H groups in total. The van der Waals surface area contributed by atoms with Gasteiger partial charge in [-0.1, -0.05) is 47.3 Å². The summed E-state index contributed by atoms with van der Waals surface area (Å²) in [5.41, 5.74) is 1.03. The zero-order valence-corrected chi connectivity index (χ0v) is 17.7. The van der Waals surface area contributed by atoms with Gasteiger partial charge in [0.05, 0.1) is 0 Å². The number of benzene rings is 1. The number of carbonyl (C=O) groups excluding carboxylic acids is 1. The Balaban J connectivity index is 1.63. The molecule has 0 spiro atoms. The summed E-state index contributed by atoms with van der Waals surface area (Å²) >= 11 is 9.82. The van der Waals surface area contributed by atoms with E-state index in [2.05, 4.69) is 14.7 Å². The van der Waals surface area contributed by atoms with Crippen LogP contribution in [0.5, 0.6) is 0 Å². The van der Waals surface area contributed by atoms with Crippen LogP contribution < -0.4 is 5.32 Å². The summed E-state index contributed by atoms with van der Waals surface area (Å²) in [4.78, 5) is 16.4. The van der Waals surface area contributed by atoms with Gasteiger partial charge in [-0.3, -0.25) is 10.1 Å². The Morgan fingerprint density at radius 3 is 2.82 bits per heavy atom. The van der Waals surface area contributed by atoms with Gasteiger partial charge in [0, 0.05) is 28.4 Å². The van der Waals surface area contributed by atoms with Gasteiger partial charge < -0.3 is 4.42 Å². The van der Waals surface area contributed by atoms with Gasteiger partial charge in [-0.2, -0.15) is 14.6 Å². The van der Waals surface area contributed by atoms with Crippen LogP contribution >= 0.6 is 46.7 Å². The van der Waals surface area contributed by atoms with E-state index in [4.69, 9.17) is 16.0 Å². The number of hydrogen-bond acceptors (Lipinski definition) is 8. The van der Waals surface area contributed by atoms with Crippen molar-refractivity contribution in [1.29, 1.82) is 5.26 Å². The quantitative estimate of drug-likeness (QED) is 0.296. The Bertz CT molecular complexity index is 1040. The summed E-state index contributed by atoms with van der Waals surface area (Å²) in [6.07, 6.45) is 3.24. The van der Waals surface area contributed by atoms with Gasteiger partial charge in [0.1, 0.15) is 17.4 Å². The fraction of sp³-hybridized carbons (Fsp3) is 0.111. The summed E-state index contributed by atoms with van der Waals surface area (Å²) in [7, 11) is 0. The first kappa shape index (κ1) is 20.5. The number of thioether (sulfide) groups is 2. The van der Waals surface area contributed by atoms with Crippen LogP contribution in [-0.2, 0) is 10.5 Å². The Morgan fingerprint density at radius 1 is 1.36 bits per heavy atom. The molecule has 2 heterocycles. The van der Waals surface area contributed by atoms with E-state index in [1.807, 2.05) is 36.6 Å². The second kappa shape index (κ2) is 9.80.